The zero-order valence-electron chi connectivity index (χ0n) is 15.2. The summed E-state index contributed by atoms with van der Waals surface area (Å²) in [5.41, 5.74) is 2.12. The highest BCUT2D eigenvalue weighted by molar-refractivity contribution is 7.09. The van der Waals surface area contributed by atoms with E-state index in [1.54, 1.807) is 11.3 Å². The molecular formula is C20H27N3O2S. The summed E-state index contributed by atoms with van der Waals surface area (Å²) < 4.78 is 5.35. The van der Waals surface area contributed by atoms with Crippen molar-refractivity contribution in [2.75, 3.05) is 39.4 Å². The second-order valence-electron chi connectivity index (χ2n) is 6.58. The molecule has 1 fully saturated rings. The molecule has 1 aromatic carbocycles. The molecule has 3 rings (SSSR count). The molecule has 1 amide bonds. The molecule has 26 heavy (non-hydrogen) atoms. The van der Waals surface area contributed by atoms with E-state index in [2.05, 4.69) is 27.3 Å². The van der Waals surface area contributed by atoms with Crippen LogP contribution in [0.25, 0.3) is 0 Å². The number of aromatic nitrogens is 1. The normalized spacial score (nSPS) is 15.1. The van der Waals surface area contributed by atoms with Gasteiger partial charge in [0.1, 0.15) is 0 Å². The molecule has 1 aromatic heterocycles. The minimum Gasteiger partial charge on any atom is -0.379 e. The van der Waals surface area contributed by atoms with E-state index in [0.29, 0.717) is 6.42 Å². The molecule has 1 N–H and O–H groups in total. The largest absolute Gasteiger partial charge is 0.379 e. The van der Waals surface area contributed by atoms with Gasteiger partial charge in [0.2, 0.25) is 5.91 Å². The number of carbonyl (C=O) groups excluding carboxylic acids is 1. The van der Waals surface area contributed by atoms with Crippen molar-refractivity contribution in [2.24, 2.45) is 0 Å². The summed E-state index contributed by atoms with van der Waals surface area (Å²) in [6.45, 7) is 5.58. The van der Waals surface area contributed by atoms with Gasteiger partial charge < -0.3 is 10.1 Å². The zero-order chi connectivity index (χ0) is 18.0. The minimum atomic E-state index is 0.0629. The number of carbonyl (C=O) groups is 1. The van der Waals surface area contributed by atoms with Crippen LogP contribution in [0.5, 0.6) is 0 Å². The lowest BCUT2D eigenvalue weighted by molar-refractivity contribution is -0.120. The van der Waals surface area contributed by atoms with Gasteiger partial charge in [-0.2, -0.15) is 0 Å². The van der Waals surface area contributed by atoms with Crippen LogP contribution in [0.2, 0.25) is 0 Å². The summed E-state index contributed by atoms with van der Waals surface area (Å²) in [5.74, 6) is 0.0629. The number of rotatable bonds is 9. The maximum Gasteiger partial charge on any atom is 0.226 e. The van der Waals surface area contributed by atoms with Crippen LogP contribution in [0.3, 0.4) is 0 Å². The van der Waals surface area contributed by atoms with Crippen LogP contribution in [0, 0.1) is 0 Å². The lowest BCUT2D eigenvalue weighted by atomic mass is 10.2. The number of nitrogens with zero attached hydrogens (tertiary/aromatic N) is 2. The van der Waals surface area contributed by atoms with Crippen molar-refractivity contribution in [3.05, 3.63) is 52.0 Å². The molecule has 0 bridgehead atoms. The molecule has 0 saturated carbocycles. The number of ether oxygens (including phenoxy) is 1. The first kappa shape index (κ1) is 19.0. The summed E-state index contributed by atoms with van der Waals surface area (Å²) in [6.07, 6.45) is 3.32. The fourth-order valence-corrected chi connectivity index (χ4v) is 3.85. The topological polar surface area (TPSA) is 54.5 Å². The van der Waals surface area contributed by atoms with E-state index in [9.17, 15) is 4.79 Å². The Morgan fingerprint density at radius 3 is 2.81 bits per heavy atom. The predicted molar refractivity (Wildman–Crippen MR) is 105 cm³/mol. The average molecular weight is 374 g/mol. The van der Waals surface area contributed by atoms with E-state index in [1.807, 2.05) is 23.6 Å². The number of hydrogen-bond donors (Lipinski definition) is 1. The van der Waals surface area contributed by atoms with Crippen LogP contribution in [-0.2, 0) is 22.4 Å². The summed E-state index contributed by atoms with van der Waals surface area (Å²) >= 11 is 1.63. The molecule has 1 aliphatic rings. The third kappa shape index (κ3) is 6.52. The summed E-state index contributed by atoms with van der Waals surface area (Å²) in [6, 6.07) is 10.3. The van der Waals surface area contributed by atoms with Crippen LogP contribution < -0.4 is 5.32 Å². The van der Waals surface area contributed by atoms with Gasteiger partial charge >= 0.3 is 0 Å². The Labute approximate surface area is 159 Å². The number of hydrogen-bond acceptors (Lipinski definition) is 5. The molecule has 140 valence electrons. The molecule has 0 unspecified atom stereocenters. The Bertz CT molecular complexity index is 669. The van der Waals surface area contributed by atoms with Crippen LogP contribution in [0.15, 0.2) is 35.7 Å². The molecule has 0 spiro atoms. The lowest BCUT2D eigenvalue weighted by Crippen LogP contribution is -2.37. The first-order valence-corrected chi connectivity index (χ1v) is 10.2. The van der Waals surface area contributed by atoms with E-state index < -0.39 is 0 Å². The van der Waals surface area contributed by atoms with Gasteiger partial charge in [-0.15, -0.1) is 11.3 Å². The monoisotopic (exact) mass is 373 g/mol. The first-order chi connectivity index (χ1) is 12.8. The quantitative estimate of drug-likeness (QED) is 0.686. The molecule has 2 heterocycles. The predicted octanol–water partition coefficient (Wildman–Crippen LogP) is 2.51. The van der Waals surface area contributed by atoms with Gasteiger partial charge in [-0.25, -0.2) is 4.98 Å². The maximum absolute atomic E-state index is 12.1. The Hall–Kier alpha value is -1.76. The van der Waals surface area contributed by atoms with Gasteiger partial charge in [0.05, 0.1) is 30.3 Å². The molecule has 0 aliphatic carbocycles. The summed E-state index contributed by atoms with van der Waals surface area (Å²) in [4.78, 5) is 19.1. The number of unbranched alkanes of at least 4 members (excludes halogenated alkanes) is 1. The van der Waals surface area contributed by atoms with Gasteiger partial charge in [-0.3, -0.25) is 9.69 Å². The van der Waals surface area contributed by atoms with Crippen molar-refractivity contribution in [1.82, 2.24) is 15.2 Å². The van der Waals surface area contributed by atoms with E-state index in [1.165, 1.54) is 5.56 Å². The number of thiazole rings is 1. The van der Waals surface area contributed by atoms with Gasteiger partial charge in [0.25, 0.3) is 0 Å². The minimum absolute atomic E-state index is 0.0629. The third-order valence-electron chi connectivity index (χ3n) is 4.47. The highest BCUT2D eigenvalue weighted by Gasteiger charge is 2.10. The van der Waals surface area contributed by atoms with Crippen molar-refractivity contribution >= 4 is 17.2 Å². The number of amides is 1. The molecule has 0 radical (unpaired) electrons. The van der Waals surface area contributed by atoms with Gasteiger partial charge in [-0.05, 0) is 24.9 Å². The Kier molecular flexibility index (Phi) is 7.61. The highest BCUT2D eigenvalue weighted by Crippen LogP contribution is 2.15. The Morgan fingerprint density at radius 2 is 2.00 bits per heavy atom. The van der Waals surface area contributed by atoms with Crippen molar-refractivity contribution in [1.29, 1.82) is 0 Å². The number of nitrogens with one attached hydrogen (secondary N) is 1. The molecule has 1 saturated heterocycles. The Balaban J connectivity index is 1.31. The number of morpholine rings is 1. The molecule has 0 atom stereocenters. The smallest absolute Gasteiger partial charge is 0.226 e. The fraction of sp³-hybridized carbons (Fsp3) is 0.500. The van der Waals surface area contributed by atoms with Gasteiger partial charge in [0, 0.05) is 31.4 Å². The lowest BCUT2D eigenvalue weighted by Gasteiger charge is -2.26. The van der Waals surface area contributed by atoms with E-state index in [-0.39, 0.29) is 5.91 Å². The molecular weight excluding hydrogens is 346 g/mol. The molecule has 5 nitrogen and oxygen atoms in total. The van der Waals surface area contributed by atoms with Crippen molar-refractivity contribution < 1.29 is 9.53 Å². The van der Waals surface area contributed by atoms with E-state index >= 15 is 0 Å². The van der Waals surface area contributed by atoms with Crippen LogP contribution in [0.1, 0.15) is 29.1 Å². The van der Waals surface area contributed by atoms with Crippen LogP contribution in [-0.4, -0.2) is 55.2 Å². The van der Waals surface area contributed by atoms with Crippen molar-refractivity contribution in [3.63, 3.8) is 0 Å². The molecule has 1 aliphatic heterocycles. The Morgan fingerprint density at radius 1 is 1.19 bits per heavy atom. The summed E-state index contributed by atoms with van der Waals surface area (Å²) in [5, 5.41) is 6.07. The highest BCUT2D eigenvalue weighted by atomic mass is 32.1. The first-order valence-electron chi connectivity index (χ1n) is 9.33. The van der Waals surface area contributed by atoms with Gasteiger partial charge in [0.15, 0.2) is 0 Å². The maximum atomic E-state index is 12.1. The second kappa shape index (κ2) is 10.4. The molecule has 6 heteroatoms. The van der Waals surface area contributed by atoms with Crippen LogP contribution >= 0.6 is 11.3 Å². The van der Waals surface area contributed by atoms with E-state index in [0.717, 1.165) is 69.4 Å². The standard InChI is InChI=1S/C20H27N3O2S/c24-19(21-8-4-5-9-23-10-12-25-13-11-23)15-18-16-26-20(22-18)14-17-6-2-1-3-7-17/h1-3,6-7,16H,4-5,8-15H2,(H,21,24). The average Bonchev–Trinajstić information content (AvgIpc) is 3.10. The fourth-order valence-electron chi connectivity index (χ4n) is 3.02. The SMILES string of the molecule is O=C(Cc1csc(Cc2ccccc2)n1)NCCCCN1CCOCC1. The number of benzene rings is 1. The summed E-state index contributed by atoms with van der Waals surface area (Å²) in [7, 11) is 0. The van der Waals surface area contributed by atoms with Crippen LogP contribution in [0.4, 0.5) is 0 Å². The van der Waals surface area contributed by atoms with Gasteiger partial charge in [-0.1, -0.05) is 30.3 Å². The van der Waals surface area contributed by atoms with Crippen molar-refractivity contribution in [2.45, 2.75) is 25.7 Å². The third-order valence-corrected chi connectivity index (χ3v) is 5.36. The zero-order valence-corrected chi connectivity index (χ0v) is 16.0. The molecule has 2 aromatic rings. The second-order valence-corrected chi connectivity index (χ2v) is 7.53. The van der Waals surface area contributed by atoms with Crippen molar-refractivity contribution in [3.8, 4) is 0 Å². The van der Waals surface area contributed by atoms with E-state index in [4.69, 9.17) is 4.74 Å².